The molecular formula is C18H18N2O5S2. The van der Waals surface area contributed by atoms with E-state index in [1.54, 1.807) is 44.2 Å². The van der Waals surface area contributed by atoms with E-state index in [0.29, 0.717) is 15.8 Å². The second-order valence-electron chi connectivity index (χ2n) is 5.68. The maximum absolute atomic E-state index is 12.8. The number of carbonyl (C=O) groups excluding carboxylic acids is 1. The molecule has 2 aromatic carbocycles. The number of methoxy groups -OCH3 is 1. The van der Waals surface area contributed by atoms with Crippen LogP contribution >= 0.6 is 11.3 Å². The topological polar surface area (TPSA) is 94.6 Å². The van der Waals surface area contributed by atoms with Crippen LogP contribution in [0.25, 0.3) is 10.2 Å². The van der Waals surface area contributed by atoms with Gasteiger partial charge < -0.3 is 9.47 Å². The van der Waals surface area contributed by atoms with Crippen molar-refractivity contribution in [2.75, 3.05) is 18.4 Å². The number of hydrogen-bond acceptors (Lipinski definition) is 7. The van der Waals surface area contributed by atoms with Crippen LogP contribution in [0.2, 0.25) is 0 Å². The minimum Gasteiger partial charge on any atom is -0.495 e. The molecule has 0 fully saturated rings. The Labute approximate surface area is 161 Å². The van der Waals surface area contributed by atoms with E-state index in [0.717, 1.165) is 16.9 Å². The van der Waals surface area contributed by atoms with Gasteiger partial charge in [-0.25, -0.2) is 18.2 Å². The maximum Gasteiger partial charge on any atom is 0.338 e. The van der Waals surface area contributed by atoms with E-state index in [4.69, 9.17) is 9.47 Å². The number of rotatable bonds is 6. The first-order valence-electron chi connectivity index (χ1n) is 8.09. The Hall–Kier alpha value is -2.65. The minimum absolute atomic E-state index is 0.0384. The first-order valence-corrected chi connectivity index (χ1v) is 10.4. The average molecular weight is 406 g/mol. The lowest BCUT2D eigenvalue weighted by Gasteiger charge is -2.10. The summed E-state index contributed by atoms with van der Waals surface area (Å²) >= 11 is 1.14. The van der Waals surface area contributed by atoms with Gasteiger partial charge in [0.1, 0.15) is 10.6 Å². The van der Waals surface area contributed by atoms with Crippen molar-refractivity contribution in [1.82, 2.24) is 4.98 Å². The molecule has 3 rings (SSSR count). The molecule has 0 spiro atoms. The van der Waals surface area contributed by atoms with Gasteiger partial charge in [-0.3, -0.25) is 4.72 Å². The molecule has 1 heterocycles. The molecule has 0 atom stereocenters. The molecule has 0 amide bonds. The van der Waals surface area contributed by atoms with Gasteiger partial charge in [-0.1, -0.05) is 17.4 Å². The molecule has 9 heteroatoms. The molecule has 0 aliphatic rings. The van der Waals surface area contributed by atoms with E-state index in [9.17, 15) is 13.2 Å². The molecule has 7 nitrogen and oxygen atoms in total. The highest BCUT2D eigenvalue weighted by atomic mass is 32.2. The highest BCUT2D eigenvalue weighted by molar-refractivity contribution is 7.93. The predicted octanol–water partition coefficient (Wildman–Crippen LogP) is 3.59. The largest absolute Gasteiger partial charge is 0.495 e. The van der Waals surface area contributed by atoms with Gasteiger partial charge in [0.2, 0.25) is 0 Å². The van der Waals surface area contributed by atoms with Crippen LogP contribution < -0.4 is 9.46 Å². The van der Waals surface area contributed by atoms with E-state index >= 15 is 0 Å². The number of anilines is 1. The Bertz CT molecular complexity index is 1110. The van der Waals surface area contributed by atoms with Crippen molar-refractivity contribution in [1.29, 1.82) is 0 Å². The Morgan fingerprint density at radius 1 is 1.22 bits per heavy atom. The second kappa shape index (κ2) is 7.53. The van der Waals surface area contributed by atoms with Crippen LogP contribution in [-0.2, 0) is 14.8 Å². The van der Waals surface area contributed by atoms with E-state index in [1.807, 2.05) is 0 Å². The summed E-state index contributed by atoms with van der Waals surface area (Å²) in [7, 11) is -2.47. The van der Waals surface area contributed by atoms with Crippen molar-refractivity contribution in [2.24, 2.45) is 0 Å². The van der Waals surface area contributed by atoms with Gasteiger partial charge in [0.15, 0.2) is 5.13 Å². The first kappa shape index (κ1) is 19.1. The maximum atomic E-state index is 12.8. The van der Waals surface area contributed by atoms with Crippen molar-refractivity contribution in [3.8, 4) is 5.75 Å². The SMILES string of the molecule is CCOC(=O)c1ccc2nc(NS(=O)(=O)c3cc(C)ccc3OC)sc2c1. The second-order valence-corrected chi connectivity index (χ2v) is 8.36. The first-order chi connectivity index (χ1) is 12.8. The molecule has 0 aliphatic carbocycles. The summed E-state index contributed by atoms with van der Waals surface area (Å²) in [5, 5.41) is 0.203. The number of benzene rings is 2. The number of esters is 1. The molecule has 142 valence electrons. The summed E-state index contributed by atoms with van der Waals surface area (Å²) in [6.07, 6.45) is 0. The number of carbonyl (C=O) groups is 1. The number of hydrogen-bond donors (Lipinski definition) is 1. The van der Waals surface area contributed by atoms with E-state index in [2.05, 4.69) is 9.71 Å². The quantitative estimate of drug-likeness (QED) is 0.629. The molecule has 1 aromatic heterocycles. The van der Waals surface area contributed by atoms with Gasteiger partial charge in [0.25, 0.3) is 10.0 Å². The van der Waals surface area contributed by atoms with Crippen molar-refractivity contribution < 1.29 is 22.7 Å². The fourth-order valence-corrected chi connectivity index (χ4v) is 4.87. The molecular weight excluding hydrogens is 388 g/mol. The van der Waals surface area contributed by atoms with Gasteiger partial charge in [-0.15, -0.1) is 0 Å². The number of nitrogens with zero attached hydrogens (tertiary/aromatic N) is 1. The number of sulfonamides is 1. The van der Waals surface area contributed by atoms with Gasteiger partial charge in [0, 0.05) is 0 Å². The number of aryl methyl sites for hydroxylation is 1. The molecule has 27 heavy (non-hydrogen) atoms. The van der Waals surface area contributed by atoms with Crippen LogP contribution in [0, 0.1) is 6.92 Å². The molecule has 0 radical (unpaired) electrons. The molecule has 3 aromatic rings. The monoisotopic (exact) mass is 406 g/mol. The highest BCUT2D eigenvalue weighted by Crippen LogP contribution is 2.31. The lowest BCUT2D eigenvalue weighted by molar-refractivity contribution is 0.0526. The summed E-state index contributed by atoms with van der Waals surface area (Å²) in [4.78, 5) is 16.2. The van der Waals surface area contributed by atoms with Gasteiger partial charge in [-0.05, 0) is 49.7 Å². The summed E-state index contributed by atoms with van der Waals surface area (Å²) in [5.74, 6) is -0.182. The zero-order chi connectivity index (χ0) is 19.6. The van der Waals surface area contributed by atoms with Crippen molar-refractivity contribution >= 4 is 42.7 Å². The number of fused-ring (bicyclic) bond motifs is 1. The molecule has 0 aliphatic heterocycles. The summed E-state index contributed by atoms with van der Waals surface area (Å²) in [6.45, 7) is 3.81. The average Bonchev–Trinajstić information content (AvgIpc) is 3.02. The van der Waals surface area contributed by atoms with Crippen LogP contribution in [0.4, 0.5) is 5.13 Å². The smallest absolute Gasteiger partial charge is 0.338 e. The molecule has 0 saturated carbocycles. The van der Waals surface area contributed by atoms with Crippen LogP contribution in [-0.4, -0.2) is 33.1 Å². The van der Waals surface area contributed by atoms with E-state index < -0.39 is 16.0 Å². The van der Waals surface area contributed by atoms with Crippen LogP contribution in [0.15, 0.2) is 41.3 Å². The number of thiazole rings is 1. The number of nitrogens with one attached hydrogen (secondary N) is 1. The summed E-state index contributed by atoms with van der Waals surface area (Å²) in [5.41, 5.74) is 1.77. The zero-order valence-corrected chi connectivity index (χ0v) is 16.6. The van der Waals surface area contributed by atoms with Gasteiger partial charge in [-0.2, -0.15) is 0 Å². The van der Waals surface area contributed by atoms with E-state index in [-0.39, 0.29) is 22.4 Å². The third kappa shape index (κ3) is 4.04. The fraction of sp³-hybridized carbons (Fsp3) is 0.222. The predicted molar refractivity (Wildman–Crippen MR) is 104 cm³/mol. The minimum atomic E-state index is -3.88. The fourth-order valence-electron chi connectivity index (χ4n) is 2.47. The van der Waals surface area contributed by atoms with Gasteiger partial charge >= 0.3 is 5.97 Å². The number of ether oxygens (including phenoxy) is 2. The Balaban J connectivity index is 1.94. The van der Waals surface area contributed by atoms with Crippen molar-refractivity contribution in [3.05, 3.63) is 47.5 Å². The highest BCUT2D eigenvalue weighted by Gasteiger charge is 2.21. The van der Waals surface area contributed by atoms with Crippen LogP contribution in [0.3, 0.4) is 0 Å². The number of aromatic nitrogens is 1. The standard InChI is InChI=1S/C18H18N2O5S2/c1-4-25-17(21)12-6-7-13-15(10-12)26-18(19-13)20-27(22,23)16-9-11(2)5-8-14(16)24-3/h5-10H,4H2,1-3H3,(H,19,20). The third-order valence-electron chi connectivity index (χ3n) is 3.73. The lowest BCUT2D eigenvalue weighted by atomic mass is 10.2. The Kier molecular flexibility index (Phi) is 5.33. The normalized spacial score (nSPS) is 11.4. The van der Waals surface area contributed by atoms with Crippen LogP contribution in [0.1, 0.15) is 22.8 Å². The molecule has 0 unspecified atom stereocenters. The third-order valence-corrected chi connectivity index (χ3v) is 6.15. The summed E-state index contributed by atoms with van der Waals surface area (Å²) in [6, 6.07) is 9.80. The zero-order valence-electron chi connectivity index (χ0n) is 15.0. The molecule has 1 N–H and O–H groups in total. The van der Waals surface area contributed by atoms with E-state index in [1.165, 1.54) is 13.2 Å². The lowest BCUT2D eigenvalue weighted by Crippen LogP contribution is -2.14. The Morgan fingerprint density at radius 3 is 2.70 bits per heavy atom. The molecule has 0 bridgehead atoms. The van der Waals surface area contributed by atoms with Crippen LogP contribution in [0.5, 0.6) is 5.75 Å². The summed E-state index contributed by atoms with van der Waals surface area (Å²) < 4.78 is 38.8. The van der Waals surface area contributed by atoms with Crippen molar-refractivity contribution in [2.45, 2.75) is 18.7 Å². The molecule has 0 saturated heterocycles. The van der Waals surface area contributed by atoms with Crippen molar-refractivity contribution in [3.63, 3.8) is 0 Å². The van der Waals surface area contributed by atoms with Gasteiger partial charge in [0.05, 0.1) is 29.5 Å². The Morgan fingerprint density at radius 2 is 2.00 bits per heavy atom.